The van der Waals surface area contributed by atoms with Crippen LogP contribution in [0.25, 0.3) is 0 Å². The molecule has 1 heterocycles. The quantitative estimate of drug-likeness (QED) is 0.836. The van der Waals surface area contributed by atoms with Gasteiger partial charge in [-0.05, 0) is 6.07 Å². The molecule has 90 valence electrons. The molecule has 0 spiro atoms. The van der Waals surface area contributed by atoms with Gasteiger partial charge in [0.1, 0.15) is 5.82 Å². The second-order valence-electron chi connectivity index (χ2n) is 3.61. The third-order valence-electron chi connectivity index (χ3n) is 2.28. The van der Waals surface area contributed by atoms with Crippen molar-refractivity contribution in [2.24, 2.45) is 7.05 Å². The van der Waals surface area contributed by atoms with E-state index in [-0.39, 0.29) is 12.1 Å². The van der Waals surface area contributed by atoms with Crippen molar-refractivity contribution in [1.29, 1.82) is 0 Å². The molecule has 0 atom stereocenters. The van der Waals surface area contributed by atoms with Crippen LogP contribution in [0.4, 0.5) is 18.9 Å². The zero-order valence-electron chi connectivity index (χ0n) is 9.04. The number of hydrogen-bond donors (Lipinski definition) is 1. The van der Waals surface area contributed by atoms with E-state index in [2.05, 4.69) is 10.4 Å². The number of nitrogens with zero attached hydrogens (tertiary/aromatic N) is 2. The van der Waals surface area contributed by atoms with Gasteiger partial charge in [0.2, 0.25) is 0 Å². The van der Waals surface area contributed by atoms with Crippen molar-refractivity contribution in [2.75, 3.05) is 5.32 Å². The molecule has 0 aliphatic heterocycles. The Bertz CT molecular complexity index is 537. The van der Waals surface area contributed by atoms with E-state index < -0.39 is 17.5 Å². The highest BCUT2D eigenvalue weighted by Gasteiger charge is 2.09. The molecule has 0 radical (unpaired) electrons. The van der Waals surface area contributed by atoms with Gasteiger partial charge in [0.05, 0.1) is 11.9 Å². The SMILES string of the molecule is Cn1cc(NCc2cc(F)c(F)cc2F)cn1. The van der Waals surface area contributed by atoms with Gasteiger partial charge in [-0.3, -0.25) is 4.68 Å². The predicted octanol–water partition coefficient (Wildman–Crippen LogP) is 2.45. The second-order valence-corrected chi connectivity index (χ2v) is 3.61. The molecule has 0 aliphatic rings. The van der Waals surface area contributed by atoms with E-state index >= 15 is 0 Å². The summed E-state index contributed by atoms with van der Waals surface area (Å²) in [6.07, 6.45) is 3.25. The number of halogens is 3. The summed E-state index contributed by atoms with van der Waals surface area (Å²) in [5.41, 5.74) is 0.740. The van der Waals surface area contributed by atoms with Crippen molar-refractivity contribution < 1.29 is 13.2 Å². The zero-order valence-corrected chi connectivity index (χ0v) is 9.04. The Morgan fingerprint density at radius 3 is 2.53 bits per heavy atom. The van der Waals surface area contributed by atoms with Crippen LogP contribution in [0.1, 0.15) is 5.56 Å². The summed E-state index contributed by atoms with van der Waals surface area (Å²) in [6.45, 7) is 0.0642. The van der Waals surface area contributed by atoms with Crippen molar-refractivity contribution in [3.8, 4) is 0 Å². The van der Waals surface area contributed by atoms with Crippen LogP contribution >= 0.6 is 0 Å². The van der Waals surface area contributed by atoms with Gasteiger partial charge in [-0.25, -0.2) is 13.2 Å². The molecule has 0 amide bonds. The average Bonchev–Trinajstić information content (AvgIpc) is 2.68. The summed E-state index contributed by atoms with van der Waals surface area (Å²) in [5.74, 6) is -3.03. The van der Waals surface area contributed by atoms with Gasteiger partial charge in [0, 0.05) is 31.4 Å². The molecule has 1 N–H and O–H groups in total. The van der Waals surface area contributed by atoms with Crippen LogP contribution < -0.4 is 5.32 Å². The Balaban J connectivity index is 2.11. The molecule has 6 heteroatoms. The molecule has 0 saturated carbocycles. The number of aryl methyl sites for hydroxylation is 1. The van der Waals surface area contributed by atoms with Crippen LogP contribution in [0.15, 0.2) is 24.5 Å². The summed E-state index contributed by atoms with van der Waals surface area (Å²) in [4.78, 5) is 0. The lowest BCUT2D eigenvalue weighted by molar-refractivity contribution is 0.490. The Kier molecular flexibility index (Phi) is 3.03. The third-order valence-corrected chi connectivity index (χ3v) is 2.28. The number of anilines is 1. The fraction of sp³-hybridized carbons (Fsp3) is 0.182. The molecule has 17 heavy (non-hydrogen) atoms. The maximum absolute atomic E-state index is 13.3. The fourth-order valence-corrected chi connectivity index (χ4v) is 1.41. The molecular weight excluding hydrogens is 231 g/mol. The lowest BCUT2D eigenvalue weighted by Gasteiger charge is -2.05. The largest absolute Gasteiger partial charge is 0.378 e. The molecule has 0 fully saturated rings. The maximum Gasteiger partial charge on any atom is 0.161 e. The van der Waals surface area contributed by atoms with Crippen LogP contribution in [0, 0.1) is 17.5 Å². The normalized spacial score (nSPS) is 10.6. The van der Waals surface area contributed by atoms with Gasteiger partial charge < -0.3 is 5.32 Å². The predicted molar refractivity (Wildman–Crippen MR) is 56.9 cm³/mol. The van der Waals surface area contributed by atoms with E-state index in [9.17, 15) is 13.2 Å². The van der Waals surface area contributed by atoms with Gasteiger partial charge >= 0.3 is 0 Å². The molecule has 1 aromatic carbocycles. The van der Waals surface area contributed by atoms with Crippen molar-refractivity contribution in [1.82, 2.24) is 9.78 Å². The van der Waals surface area contributed by atoms with E-state index in [4.69, 9.17) is 0 Å². The first kappa shape index (κ1) is 11.5. The summed E-state index contributed by atoms with van der Waals surface area (Å²) < 4.78 is 40.4. The highest BCUT2D eigenvalue weighted by molar-refractivity contribution is 5.39. The van der Waals surface area contributed by atoms with E-state index in [0.29, 0.717) is 11.8 Å². The molecule has 3 nitrogen and oxygen atoms in total. The number of aromatic nitrogens is 2. The van der Waals surface area contributed by atoms with Gasteiger partial charge in [-0.15, -0.1) is 0 Å². The van der Waals surface area contributed by atoms with Crippen LogP contribution in [-0.2, 0) is 13.6 Å². The number of hydrogen-bond acceptors (Lipinski definition) is 2. The Morgan fingerprint density at radius 1 is 1.18 bits per heavy atom. The number of nitrogens with one attached hydrogen (secondary N) is 1. The fourth-order valence-electron chi connectivity index (χ4n) is 1.41. The van der Waals surface area contributed by atoms with Crippen LogP contribution in [0.5, 0.6) is 0 Å². The van der Waals surface area contributed by atoms with Crippen molar-refractivity contribution in [3.05, 3.63) is 47.5 Å². The molecule has 0 unspecified atom stereocenters. The van der Waals surface area contributed by atoms with Gasteiger partial charge in [-0.1, -0.05) is 0 Å². The highest BCUT2D eigenvalue weighted by atomic mass is 19.2. The maximum atomic E-state index is 13.3. The van der Waals surface area contributed by atoms with E-state index in [1.54, 1.807) is 24.1 Å². The lowest BCUT2D eigenvalue weighted by atomic mass is 10.2. The van der Waals surface area contributed by atoms with Gasteiger partial charge in [-0.2, -0.15) is 5.10 Å². The van der Waals surface area contributed by atoms with E-state index in [1.165, 1.54) is 0 Å². The molecular formula is C11H10F3N3. The van der Waals surface area contributed by atoms with Crippen molar-refractivity contribution in [2.45, 2.75) is 6.54 Å². The first-order valence-electron chi connectivity index (χ1n) is 4.92. The molecule has 0 saturated heterocycles. The smallest absolute Gasteiger partial charge is 0.161 e. The first-order valence-corrected chi connectivity index (χ1v) is 4.92. The standard InChI is InChI=1S/C11H10F3N3/c1-17-6-8(5-16-17)15-4-7-2-10(13)11(14)3-9(7)12/h2-3,5-6,15H,4H2,1H3. The number of rotatable bonds is 3. The van der Waals surface area contributed by atoms with Crippen LogP contribution in [0.2, 0.25) is 0 Å². The van der Waals surface area contributed by atoms with Crippen molar-refractivity contribution in [3.63, 3.8) is 0 Å². The number of benzene rings is 1. The van der Waals surface area contributed by atoms with Crippen molar-refractivity contribution >= 4 is 5.69 Å². The topological polar surface area (TPSA) is 29.9 Å². The van der Waals surface area contributed by atoms with E-state index in [1.807, 2.05) is 0 Å². The monoisotopic (exact) mass is 241 g/mol. The molecule has 2 aromatic rings. The Hall–Kier alpha value is -1.98. The zero-order chi connectivity index (χ0) is 12.4. The minimum absolute atomic E-state index is 0.0627. The molecule has 0 bridgehead atoms. The van der Waals surface area contributed by atoms with E-state index in [0.717, 1.165) is 6.07 Å². The Labute approximate surface area is 95.9 Å². The highest BCUT2D eigenvalue weighted by Crippen LogP contribution is 2.15. The Morgan fingerprint density at radius 2 is 1.88 bits per heavy atom. The third kappa shape index (κ3) is 2.58. The first-order chi connectivity index (χ1) is 8.06. The summed E-state index contributed by atoms with van der Waals surface area (Å²) in [7, 11) is 1.74. The van der Waals surface area contributed by atoms with Crippen LogP contribution in [-0.4, -0.2) is 9.78 Å². The van der Waals surface area contributed by atoms with Crippen LogP contribution in [0.3, 0.4) is 0 Å². The van der Waals surface area contributed by atoms with Gasteiger partial charge in [0.15, 0.2) is 11.6 Å². The lowest BCUT2D eigenvalue weighted by Crippen LogP contribution is -2.03. The second kappa shape index (κ2) is 4.48. The summed E-state index contributed by atoms with van der Waals surface area (Å²) in [5, 5.41) is 6.77. The summed E-state index contributed by atoms with van der Waals surface area (Å²) in [6, 6.07) is 1.38. The average molecular weight is 241 g/mol. The minimum Gasteiger partial charge on any atom is -0.378 e. The molecule has 1 aromatic heterocycles. The summed E-state index contributed by atoms with van der Waals surface area (Å²) >= 11 is 0. The minimum atomic E-state index is -1.19. The molecule has 2 rings (SSSR count). The van der Waals surface area contributed by atoms with Gasteiger partial charge in [0.25, 0.3) is 0 Å². The molecule has 0 aliphatic carbocycles.